The van der Waals surface area contributed by atoms with Crippen molar-refractivity contribution >= 4 is 50.5 Å². The van der Waals surface area contributed by atoms with E-state index in [0.29, 0.717) is 30.2 Å². The highest BCUT2D eigenvalue weighted by molar-refractivity contribution is 9.10. The highest BCUT2D eigenvalue weighted by Crippen LogP contribution is 2.28. The predicted octanol–water partition coefficient (Wildman–Crippen LogP) is 6.33. The van der Waals surface area contributed by atoms with E-state index in [4.69, 9.17) is 16.3 Å². The van der Waals surface area contributed by atoms with Gasteiger partial charge in [0.15, 0.2) is 0 Å². The summed E-state index contributed by atoms with van der Waals surface area (Å²) in [6, 6.07) is 13.1. The van der Waals surface area contributed by atoms with Gasteiger partial charge in [0.25, 0.3) is 0 Å². The molecule has 0 aliphatic carbocycles. The van der Waals surface area contributed by atoms with Crippen LogP contribution in [0.25, 0.3) is 11.3 Å². The summed E-state index contributed by atoms with van der Waals surface area (Å²) in [6.45, 7) is 2.41. The molecular formula is C20H18BrClN2O2S. The molecular weight excluding hydrogens is 448 g/mol. The van der Waals surface area contributed by atoms with Gasteiger partial charge in [0.1, 0.15) is 5.75 Å². The van der Waals surface area contributed by atoms with E-state index in [0.717, 1.165) is 26.4 Å². The van der Waals surface area contributed by atoms with Crippen molar-refractivity contribution in [1.29, 1.82) is 0 Å². The number of nitrogens with one attached hydrogen (secondary N) is 1. The molecule has 27 heavy (non-hydrogen) atoms. The first-order valence-electron chi connectivity index (χ1n) is 8.41. The average Bonchev–Trinajstić information content (AvgIpc) is 3.07. The van der Waals surface area contributed by atoms with Gasteiger partial charge in [-0.05, 0) is 43.7 Å². The van der Waals surface area contributed by atoms with Crippen LogP contribution in [0.15, 0.2) is 52.3 Å². The summed E-state index contributed by atoms with van der Waals surface area (Å²) in [7, 11) is 0. The number of anilines is 1. The molecule has 0 aliphatic rings. The van der Waals surface area contributed by atoms with Gasteiger partial charge in [-0.15, -0.1) is 11.3 Å². The van der Waals surface area contributed by atoms with Gasteiger partial charge in [0.05, 0.1) is 22.3 Å². The molecule has 0 bridgehead atoms. The maximum absolute atomic E-state index is 12.1. The molecule has 0 radical (unpaired) electrons. The van der Waals surface area contributed by atoms with Gasteiger partial charge in [-0.1, -0.05) is 39.7 Å². The van der Waals surface area contributed by atoms with E-state index in [-0.39, 0.29) is 5.91 Å². The summed E-state index contributed by atoms with van der Waals surface area (Å²) in [5, 5.41) is 6.51. The molecule has 3 aromatic rings. The van der Waals surface area contributed by atoms with Crippen molar-refractivity contribution in [3.05, 3.63) is 62.3 Å². The number of benzene rings is 2. The van der Waals surface area contributed by atoms with E-state index in [1.54, 1.807) is 23.5 Å². The SMILES string of the molecule is Cc1nc(-c2ccc(NC(=O)CCCOc3ccc(Br)cc3Cl)cc2)cs1. The second kappa shape index (κ2) is 9.35. The van der Waals surface area contributed by atoms with Gasteiger partial charge >= 0.3 is 0 Å². The number of nitrogens with zero attached hydrogens (tertiary/aromatic N) is 1. The Hall–Kier alpha value is -1.89. The highest BCUT2D eigenvalue weighted by Gasteiger charge is 2.06. The lowest BCUT2D eigenvalue weighted by Gasteiger charge is -2.09. The Balaban J connectivity index is 1.44. The van der Waals surface area contributed by atoms with Crippen molar-refractivity contribution in [2.75, 3.05) is 11.9 Å². The number of aromatic nitrogens is 1. The molecule has 1 amide bonds. The summed E-state index contributed by atoms with van der Waals surface area (Å²) in [4.78, 5) is 16.5. The molecule has 140 valence electrons. The Bertz CT molecular complexity index is 928. The highest BCUT2D eigenvalue weighted by atomic mass is 79.9. The molecule has 0 unspecified atom stereocenters. The molecule has 4 nitrogen and oxygen atoms in total. The molecule has 2 aromatic carbocycles. The number of carbonyl (C=O) groups excluding carboxylic acids is 1. The van der Waals surface area contributed by atoms with E-state index in [1.807, 2.05) is 42.6 Å². The summed E-state index contributed by atoms with van der Waals surface area (Å²) < 4.78 is 6.52. The van der Waals surface area contributed by atoms with Crippen LogP contribution in [0.1, 0.15) is 17.8 Å². The third-order valence-corrected chi connectivity index (χ3v) is 5.35. The molecule has 1 N–H and O–H groups in total. The van der Waals surface area contributed by atoms with Gasteiger partial charge in [-0.25, -0.2) is 4.98 Å². The first-order chi connectivity index (χ1) is 13.0. The van der Waals surface area contributed by atoms with Crippen LogP contribution < -0.4 is 10.1 Å². The van der Waals surface area contributed by atoms with Crippen LogP contribution in [0.3, 0.4) is 0 Å². The smallest absolute Gasteiger partial charge is 0.224 e. The van der Waals surface area contributed by atoms with E-state index in [9.17, 15) is 4.79 Å². The Labute approximate surface area is 175 Å². The van der Waals surface area contributed by atoms with Crippen molar-refractivity contribution in [1.82, 2.24) is 4.98 Å². The van der Waals surface area contributed by atoms with Gasteiger partial charge in [0, 0.05) is 27.5 Å². The van der Waals surface area contributed by atoms with Crippen LogP contribution in [-0.2, 0) is 4.79 Å². The molecule has 0 atom stereocenters. The first kappa shape index (κ1) is 19.9. The van der Waals surface area contributed by atoms with E-state index < -0.39 is 0 Å². The second-order valence-corrected chi connectivity index (χ2v) is 8.29. The van der Waals surface area contributed by atoms with Crippen molar-refractivity contribution in [2.24, 2.45) is 0 Å². The Morgan fingerprint density at radius 3 is 2.70 bits per heavy atom. The zero-order valence-corrected chi connectivity index (χ0v) is 17.8. The average molecular weight is 466 g/mol. The quantitative estimate of drug-likeness (QED) is 0.415. The molecule has 0 saturated heterocycles. The molecule has 0 saturated carbocycles. The van der Waals surface area contributed by atoms with Crippen LogP contribution in [0.5, 0.6) is 5.75 Å². The number of halogens is 2. The maximum Gasteiger partial charge on any atom is 0.224 e. The number of ether oxygens (including phenoxy) is 1. The normalized spacial score (nSPS) is 10.6. The number of hydrogen-bond donors (Lipinski definition) is 1. The van der Waals surface area contributed by atoms with E-state index in [2.05, 4.69) is 26.2 Å². The first-order valence-corrected chi connectivity index (χ1v) is 10.5. The number of thiazole rings is 1. The number of amides is 1. The van der Waals surface area contributed by atoms with Crippen molar-refractivity contribution in [3.63, 3.8) is 0 Å². The second-order valence-electron chi connectivity index (χ2n) is 5.90. The topological polar surface area (TPSA) is 51.2 Å². The van der Waals surface area contributed by atoms with Crippen LogP contribution in [0.2, 0.25) is 5.02 Å². The van der Waals surface area contributed by atoms with E-state index >= 15 is 0 Å². The lowest BCUT2D eigenvalue weighted by atomic mass is 10.1. The van der Waals surface area contributed by atoms with Gasteiger partial charge in [-0.2, -0.15) is 0 Å². The van der Waals surface area contributed by atoms with Crippen LogP contribution in [0.4, 0.5) is 5.69 Å². The van der Waals surface area contributed by atoms with Crippen molar-refractivity contribution in [3.8, 4) is 17.0 Å². The van der Waals surface area contributed by atoms with Crippen molar-refractivity contribution < 1.29 is 9.53 Å². The largest absolute Gasteiger partial charge is 0.492 e. The Kier molecular flexibility index (Phi) is 6.88. The molecule has 0 aliphatic heterocycles. The Morgan fingerprint density at radius 2 is 2.04 bits per heavy atom. The number of aryl methyl sites for hydroxylation is 1. The van der Waals surface area contributed by atoms with Gasteiger partial charge < -0.3 is 10.1 Å². The van der Waals surface area contributed by atoms with Crippen LogP contribution in [-0.4, -0.2) is 17.5 Å². The van der Waals surface area contributed by atoms with Gasteiger partial charge in [0.2, 0.25) is 5.91 Å². The number of carbonyl (C=O) groups is 1. The maximum atomic E-state index is 12.1. The standard InChI is InChI=1S/C20H18BrClN2O2S/c1-13-23-18(12-27-13)14-4-7-16(8-5-14)24-20(25)3-2-10-26-19-9-6-15(21)11-17(19)22/h4-9,11-12H,2-3,10H2,1H3,(H,24,25). The summed E-state index contributed by atoms with van der Waals surface area (Å²) in [5.41, 5.74) is 2.77. The monoisotopic (exact) mass is 464 g/mol. The fraction of sp³-hybridized carbons (Fsp3) is 0.200. The lowest BCUT2D eigenvalue weighted by Crippen LogP contribution is -2.12. The zero-order chi connectivity index (χ0) is 19.2. The molecule has 3 rings (SSSR count). The number of rotatable bonds is 7. The summed E-state index contributed by atoms with van der Waals surface area (Å²) in [6.07, 6.45) is 0.982. The van der Waals surface area contributed by atoms with Crippen molar-refractivity contribution in [2.45, 2.75) is 19.8 Å². The molecule has 7 heteroatoms. The number of hydrogen-bond acceptors (Lipinski definition) is 4. The molecule has 0 spiro atoms. The minimum atomic E-state index is -0.0437. The Morgan fingerprint density at radius 1 is 1.26 bits per heavy atom. The van der Waals surface area contributed by atoms with Crippen LogP contribution in [0, 0.1) is 6.92 Å². The fourth-order valence-corrected chi connectivity index (χ4v) is 3.80. The van der Waals surface area contributed by atoms with E-state index in [1.165, 1.54) is 0 Å². The van der Waals surface area contributed by atoms with Crippen LogP contribution >= 0.6 is 38.9 Å². The molecule has 0 fully saturated rings. The molecule has 1 heterocycles. The third-order valence-electron chi connectivity index (χ3n) is 3.78. The minimum absolute atomic E-state index is 0.0437. The van der Waals surface area contributed by atoms with Gasteiger partial charge in [-0.3, -0.25) is 4.79 Å². The lowest BCUT2D eigenvalue weighted by molar-refractivity contribution is -0.116. The minimum Gasteiger partial charge on any atom is -0.492 e. The molecule has 1 aromatic heterocycles. The third kappa shape index (κ3) is 5.79. The fourth-order valence-electron chi connectivity index (χ4n) is 2.45. The predicted molar refractivity (Wildman–Crippen MR) is 115 cm³/mol. The zero-order valence-electron chi connectivity index (χ0n) is 14.7. The summed E-state index contributed by atoms with van der Waals surface area (Å²) in [5.74, 6) is 0.575. The summed E-state index contributed by atoms with van der Waals surface area (Å²) >= 11 is 11.1.